The molecule has 2 fully saturated rings. The van der Waals surface area contributed by atoms with Crippen molar-refractivity contribution < 1.29 is 9.53 Å². The van der Waals surface area contributed by atoms with Crippen LogP contribution >= 0.6 is 12.4 Å². The molecule has 0 radical (unpaired) electrons. The maximum Gasteiger partial charge on any atom is 0.230 e. The molecule has 3 rings (SSSR count). The van der Waals surface area contributed by atoms with Crippen LogP contribution in [0.1, 0.15) is 18.4 Å². The van der Waals surface area contributed by atoms with E-state index in [-0.39, 0.29) is 18.3 Å². The summed E-state index contributed by atoms with van der Waals surface area (Å²) in [5, 5.41) is 6.53. The van der Waals surface area contributed by atoms with Gasteiger partial charge in [0, 0.05) is 52.5 Å². The molecule has 0 saturated carbocycles. The van der Waals surface area contributed by atoms with E-state index in [1.165, 1.54) is 0 Å². The molecule has 0 spiro atoms. The Bertz CT molecular complexity index is 500. The summed E-state index contributed by atoms with van der Waals surface area (Å²) in [5.74, 6) is 0.155. The number of carbonyl (C=O) groups excluding carboxylic acids is 1. The van der Waals surface area contributed by atoms with Crippen molar-refractivity contribution >= 4 is 18.3 Å². The first kappa shape index (κ1) is 19.2. The van der Waals surface area contributed by atoms with Gasteiger partial charge in [0.2, 0.25) is 5.91 Å². The first-order valence-corrected chi connectivity index (χ1v) is 8.66. The van der Waals surface area contributed by atoms with Crippen LogP contribution in [0.2, 0.25) is 0 Å². The van der Waals surface area contributed by atoms with Crippen LogP contribution in [0.25, 0.3) is 0 Å². The number of ether oxygens (including phenoxy) is 1. The standard InChI is InChI=1S/C18H27N3O2.ClH/c22-17(20-10-13-21-11-8-19-9-12-21)18(6-14-23-15-7-18)16-4-2-1-3-5-16;/h1-5,19H,6-15H2,(H,20,22);1H. The van der Waals surface area contributed by atoms with Crippen LogP contribution in [0.3, 0.4) is 0 Å². The molecule has 0 atom stereocenters. The Morgan fingerprint density at radius 3 is 2.50 bits per heavy atom. The van der Waals surface area contributed by atoms with Gasteiger partial charge in [0.25, 0.3) is 0 Å². The van der Waals surface area contributed by atoms with Gasteiger partial charge >= 0.3 is 0 Å². The Kier molecular flexibility index (Phi) is 7.49. The van der Waals surface area contributed by atoms with Crippen molar-refractivity contribution in [2.45, 2.75) is 18.3 Å². The third-order valence-corrected chi connectivity index (χ3v) is 5.03. The normalized spacial score (nSPS) is 20.8. The molecule has 2 N–H and O–H groups in total. The lowest BCUT2D eigenvalue weighted by Crippen LogP contribution is -2.51. The summed E-state index contributed by atoms with van der Waals surface area (Å²) in [7, 11) is 0. The quantitative estimate of drug-likeness (QED) is 0.834. The first-order valence-electron chi connectivity index (χ1n) is 8.66. The Hall–Kier alpha value is -1.14. The van der Waals surface area contributed by atoms with Crippen molar-refractivity contribution in [3.63, 3.8) is 0 Å². The van der Waals surface area contributed by atoms with Crippen LogP contribution in [0.5, 0.6) is 0 Å². The van der Waals surface area contributed by atoms with E-state index >= 15 is 0 Å². The lowest BCUT2D eigenvalue weighted by Gasteiger charge is -2.36. The van der Waals surface area contributed by atoms with Gasteiger partial charge in [-0.1, -0.05) is 30.3 Å². The van der Waals surface area contributed by atoms with Gasteiger partial charge in [-0.2, -0.15) is 0 Å². The van der Waals surface area contributed by atoms with E-state index in [0.717, 1.165) is 51.1 Å². The molecule has 1 amide bonds. The fourth-order valence-electron chi connectivity index (χ4n) is 3.56. The molecular weight excluding hydrogens is 326 g/mol. The molecule has 2 aliphatic rings. The third kappa shape index (κ3) is 4.48. The van der Waals surface area contributed by atoms with Gasteiger partial charge in [-0.3, -0.25) is 9.69 Å². The Balaban J connectivity index is 0.00000208. The Labute approximate surface area is 150 Å². The highest BCUT2D eigenvalue weighted by atomic mass is 35.5. The van der Waals surface area contributed by atoms with Gasteiger partial charge in [0.1, 0.15) is 0 Å². The molecule has 0 unspecified atom stereocenters. The molecule has 1 aromatic carbocycles. The van der Waals surface area contributed by atoms with Crippen molar-refractivity contribution in [1.29, 1.82) is 0 Å². The molecule has 2 saturated heterocycles. The van der Waals surface area contributed by atoms with Crippen molar-refractivity contribution in [1.82, 2.24) is 15.5 Å². The molecule has 24 heavy (non-hydrogen) atoms. The number of piperazine rings is 1. The second-order valence-corrected chi connectivity index (χ2v) is 6.41. The number of benzene rings is 1. The average Bonchev–Trinajstić information content (AvgIpc) is 2.64. The lowest BCUT2D eigenvalue weighted by atomic mass is 9.73. The molecule has 0 bridgehead atoms. The van der Waals surface area contributed by atoms with Gasteiger partial charge in [0.05, 0.1) is 5.41 Å². The van der Waals surface area contributed by atoms with Crippen LogP contribution in [0, 0.1) is 0 Å². The van der Waals surface area contributed by atoms with Crippen molar-refractivity contribution in [2.75, 3.05) is 52.5 Å². The summed E-state index contributed by atoms with van der Waals surface area (Å²) in [6.45, 7) is 7.16. The predicted octanol–water partition coefficient (Wildman–Crippen LogP) is 1.18. The van der Waals surface area contributed by atoms with E-state index in [9.17, 15) is 4.79 Å². The zero-order valence-electron chi connectivity index (χ0n) is 14.1. The van der Waals surface area contributed by atoms with Crippen LogP contribution in [0.15, 0.2) is 30.3 Å². The minimum absolute atomic E-state index is 0. The van der Waals surface area contributed by atoms with Gasteiger partial charge in [-0.15, -0.1) is 12.4 Å². The zero-order valence-corrected chi connectivity index (χ0v) is 14.9. The van der Waals surface area contributed by atoms with E-state index in [1.54, 1.807) is 0 Å². The van der Waals surface area contributed by atoms with Gasteiger partial charge in [0.15, 0.2) is 0 Å². The van der Waals surface area contributed by atoms with Crippen LogP contribution in [-0.2, 0) is 14.9 Å². The topological polar surface area (TPSA) is 53.6 Å². The smallest absolute Gasteiger partial charge is 0.230 e. The third-order valence-electron chi connectivity index (χ3n) is 5.03. The lowest BCUT2D eigenvalue weighted by molar-refractivity contribution is -0.130. The van der Waals surface area contributed by atoms with Crippen LogP contribution < -0.4 is 10.6 Å². The number of nitrogens with zero attached hydrogens (tertiary/aromatic N) is 1. The zero-order chi connectivity index (χ0) is 16.0. The summed E-state index contributed by atoms with van der Waals surface area (Å²) in [5.41, 5.74) is 0.686. The predicted molar refractivity (Wildman–Crippen MR) is 97.7 cm³/mol. The van der Waals surface area contributed by atoms with E-state index in [4.69, 9.17) is 4.74 Å². The van der Waals surface area contributed by atoms with Crippen LogP contribution in [-0.4, -0.2) is 63.3 Å². The monoisotopic (exact) mass is 353 g/mol. The van der Waals surface area contributed by atoms with Crippen LogP contribution in [0.4, 0.5) is 0 Å². The Morgan fingerprint density at radius 2 is 1.83 bits per heavy atom. The molecule has 0 aliphatic carbocycles. The highest BCUT2D eigenvalue weighted by Gasteiger charge is 2.41. The number of rotatable bonds is 5. The maximum absolute atomic E-state index is 13.0. The highest BCUT2D eigenvalue weighted by molar-refractivity contribution is 5.88. The number of nitrogens with one attached hydrogen (secondary N) is 2. The molecule has 5 nitrogen and oxygen atoms in total. The van der Waals surface area contributed by atoms with E-state index < -0.39 is 5.41 Å². The van der Waals surface area contributed by atoms with Crippen molar-refractivity contribution in [3.8, 4) is 0 Å². The van der Waals surface area contributed by atoms with E-state index in [2.05, 4.69) is 27.7 Å². The summed E-state index contributed by atoms with van der Waals surface area (Å²) >= 11 is 0. The number of hydrogen-bond donors (Lipinski definition) is 2. The molecule has 6 heteroatoms. The number of hydrogen-bond acceptors (Lipinski definition) is 4. The molecule has 2 heterocycles. The van der Waals surface area contributed by atoms with Gasteiger partial charge in [-0.05, 0) is 18.4 Å². The summed E-state index contributed by atoms with van der Waals surface area (Å²) in [6, 6.07) is 10.2. The SMILES string of the molecule is Cl.O=C(NCCN1CCNCC1)C1(c2ccccc2)CCOCC1. The molecule has 134 valence electrons. The fraction of sp³-hybridized carbons (Fsp3) is 0.611. The number of halogens is 1. The van der Waals surface area contributed by atoms with Crippen molar-refractivity contribution in [2.24, 2.45) is 0 Å². The van der Waals surface area contributed by atoms with Gasteiger partial charge in [-0.25, -0.2) is 0 Å². The number of amides is 1. The minimum Gasteiger partial charge on any atom is -0.381 e. The minimum atomic E-state index is -0.428. The summed E-state index contributed by atoms with van der Waals surface area (Å²) < 4.78 is 5.50. The molecule has 0 aromatic heterocycles. The molecular formula is C18H28ClN3O2. The number of carbonyl (C=O) groups is 1. The molecule has 1 aromatic rings. The van der Waals surface area contributed by atoms with Crippen molar-refractivity contribution in [3.05, 3.63) is 35.9 Å². The van der Waals surface area contributed by atoms with Gasteiger partial charge < -0.3 is 15.4 Å². The first-order chi connectivity index (χ1) is 11.3. The fourth-order valence-corrected chi connectivity index (χ4v) is 3.56. The maximum atomic E-state index is 13.0. The highest BCUT2D eigenvalue weighted by Crippen LogP contribution is 2.35. The van der Waals surface area contributed by atoms with E-state index in [0.29, 0.717) is 19.8 Å². The second kappa shape index (κ2) is 9.37. The molecule has 2 aliphatic heterocycles. The summed E-state index contributed by atoms with van der Waals surface area (Å²) in [4.78, 5) is 15.4. The Morgan fingerprint density at radius 1 is 1.17 bits per heavy atom. The largest absolute Gasteiger partial charge is 0.381 e. The second-order valence-electron chi connectivity index (χ2n) is 6.41. The average molecular weight is 354 g/mol. The van der Waals surface area contributed by atoms with E-state index in [1.807, 2.05) is 18.2 Å². The summed E-state index contributed by atoms with van der Waals surface area (Å²) in [6.07, 6.45) is 1.52.